The number of pyridine rings is 1. The molecule has 3 aromatic rings. The van der Waals surface area contributed by atoms with Gasteiger partial charge in [0.25, 0.3) is 0 Å². The Morgan fingerprint density at radius 3 is 2.56 bits per heavy atom. The monoisotopic (exact) mass is 432 g/mol. The van der Waals surface area contributed by atoms with Gasteiger partial charge in [0.15, 0.2) is 0 Å². The van der Waals surface area contributed by atoms with E-state index in [2.05, 4.69) is 72.5 Å². The van der Waals surface area contributed by atoms with Gasteiger partial charge in [0.2, 0.25) is 0 Å². The lowest BCUT2D eigenvalue weighted by Gasteiger charge is -2.08. The average Bonchev–Trinajstić information content (AvgIpc) is 2.41. The van der Waals surface area contributed by atoms with Crippen molar-refractivity contribution in [3.63, 3.8) is 0 Å². The summed E-state index contributed by atoms with van der Waals surface area (Å²) in [7, 11) is 0. The lowest BCUT2D eigenvalue weighted by Crippen LogP contribution is -1.80. The van der Waals surface area contributed by atoms with Gasteiger partial charge in [0.1, 0.15) is 0 Å². The van der Waals surface area contributed by atoms with E-state index in [-0.39, 0.29) is 0 Å². The minimum Gasteiger partial charge on any atom is -0.304 e. The summed E-state index contributed by atoms with van der Waals surface area (Å²) in [5.74, 6) is 0. The van der Waals surface area contributed by atoms with E-state index in [0.717, 1.165) is 10.9 Å². The predicted molar refractivity (Wildman–Crippen MR) is 86.1 cm³/mol. The maximum absolute atomic E-state index is 4.38. The van der Waals surface area contributed by atoms with Crippen LogP contribution >= 0.6 is 37.2 Å². The third-order valence-corrected chi connectivity index (χ3v) is 2.41. The lowest BCUT2D eigenvalue weighted by atomic mass is 10.1. The second-order valence-electron chi connectivity index (χ2n) is 3.28. The summed E-state index contributed by atoms with van der Waals surface area (Å²) in [5.41, 5.74) is 1.03. The number of fused-ring (bicyclic) bond motifs is 3. The van der Waals surface area contributed by atoms with Crippen LogP contribution in [0.4, 0.5) is 0 Å². The van der Waals surface area contributed by atoms with Crippen LogP contribution in [0.3, 0.4) is 0 Å². The van der Waals surface area contributed by atoms with Gasteiger partial charge in [-0.15, -0.1) is 35.0 Å². The summed E-state index contributed by atoms with van der Waals surface area (Å²) in [6.07, 6.45) is 1.82. The predicted octanol–water partition coefficient (Wildman–Crippen LogP) is 4.96. The Morgan fingerprint density at radius 1 is 0.938 bits per heavy atom. The normalized spacial score (nSPS) is 9.88. The number of benzene rings is 2. The first-order valence-electron chi connectivity index (χ1n) is 4.73. The van der Waals surface area contributed by atoms with E-state index in [4.69, 9.17) is 0 Å². The number of hydrogen-bond donors (Lipinski definition) is 0. The zero-order valence-corrected chi connectivity index (χ0v) is 12.6. The molecule has 0 atom stereocenters. The van der Waals surface area contributed by atoms with Crippen LogP contribution in [0.2, 0.25) is 0 Å². The van der Waals surface area contributed by atoms with Gasteiger partial charge in [-0.3, -0.25) is 0 Å². The standard InChI is InChI=1S/C13H8N.I2/c1-2-6-12-10(4-1)7-8-11-5-3-9-14-13(11)12;1-2/h1-5,7-9H;/q-1;. The molecule has 0 saturated heterocycles. The average molecular weight is 432 g/mol. The number of rotatable bonds is 0. The molecule has 1 aromatic heterocycles. The highest BCUT2D eigenvalue weighted by molar-refractivity contribution is 15.0. The molecular formula is C13H8I2N-. The van der Waals surface area contributed by atoms with Crippen molar-refractivity contribution in [2.45, 2.75) is 0 Å². The molecule has 3 rings (SSSR count). The number of halogens is 2. The second kappa shape index (κ2) is 5.77. The topological polar surface area (TPSA) is 12.9 Å². The molecule has 0 saturated carbocycles. The minimum absolute atomic E-state index is 1.03. The fraction of sp³-hybridized carbons (Fsp3) is 0. The van der Waals surface area contributed by atoms with E-state index < -0.39 is 0 Å². The Morgan fingerprint density at radius 2 is 1.69 bits per heavy atom. The van der Waals surface area contributed by atoms with Crippen LogP contribution in [0.25, 0.3) is 21.7 Å². The molecule has 0 bridgehead atoms. The Kier molecular flexibility index (Phi) is 4.34. The van der Waals surface area contributed by atoms with Gasteiger partial charge in [-0.25, -0.2) is 0 Å². The van der Waals surface area contributed by atoms with Gasteiger partial charge in [0, 0.05) is 43.4 Å². The Balaban J connectivity index is 0.000000457. The molecule has 3 heteroatoms. The van der Waals surface area contributed by atoms with Crippen LogP contribution in [0.1, 0.15) is 0 Å². The van der Waals surface area contributed by atoms with Gasteiger partial charge >= 0.3 is 0 Å². The second-order valence-corrected chi connectivity index (χ2v) is 3.28. The highest BCUT2D eigenvalue weighted by Crippen LogP contribution is 2.22. The number of hydrogen-bond acceptors (Lipinski definition) is 1. The molecule has 0 radical (unpaired) electrons. The van der Waals surface area contributed by atoms with Crippen LogP contribution in [-0.4, -0.2) is 4.98 Å². The van der Waals surface area contributed by atoms with Crippen molar-refractivity contribution in [1.29, 1.82) is 0 Å². The highest BCUT2D eigenvalue weighted by atomic mass is 128. The van der Waals surface area contributed by atoms with Crippen molar-refractivity contribution in [1.82, 2.24) is 4.98 Å². The van der Waals surface area contributed by atoms with Gasteiger partial charge < -0.3 is 4.98 Å². The van der Waals surface area contributed by atoms with Gasteiger partial charge in [0.05, 0.1) is 0 Å². The molecule has 2 aromatic carbocycles. The van der Waals surface area contributed by atoms with Crippen LogP contribution in [0.5, 0.6) is 0 Å². The molecule has 0 fully saturated rings. The minimum atomic E-state index is 1.03. The quantitative estimate of drug-likeness (QED) is 0.278. The van der Waals surface area contributed by atoms with Crippen LogP contribution < -0.4 is 0 Å². The third-order valence-electron chi connectivity index (χ3n) is 2.41. The van der Waals surface area contributed by atoms with E-state index >= 15 is 0 Å². The number of aromatic nitrogens is 1. The molecule has 0 spiro atoms. The van der Waals surface area contributed by atoms with Crippen molar-refractivity contribution in [3.8, 4) is 0 Å². The first kappa shape index (κ1) is 12.0. The van der Waals surface area contributed by atoms with E-state index in [1.54, 1.807) is 0 Å². The SMILES string of the molecule is II.[c-]1cccc2ccc3cccnc3c12. The largest absolute Gasteiger partial charge is 0.304 e. The molecule has 0 aliphatic heterocycles. The zero-order valence-electron chi connectivity index (χ0n) is 8.32. The molecule has 1 heterocycles. The maximum Gasteiger partial charge on any atom is 0.0161 e. The van der Waals surface area contributed by atoms with Gasteiger partial charge in [-0.05, 0) is 17.0 Å². The van der Waals surface area contributed by atoms with Crippen molar-refractivity contribution < 1.29 is 0 Å². The Labute approximate surface area is 118 Å². The fourth-order valence-corrected chi connectivity index (χ4v) is 1.73. The van der Waals surface area contributed by atoms with Crippen LogP contribution in [0, 0.1) is 6.07 Å². The molecule has 0 amide bonds. The van der Waals surface area contributed by atoms with E-state index in [1.807, 2.05) is 24.4 Å². The van der Waals surface area contributed by atoms with Crippen molar-refractivity contribution in [2.24, 2.45) is 0 Å². The Hall–Kier alpha value is -0.430. The molecule has 0 N–H and O–H groups in total. The molecule has 16 heavy (non-hydrogen) atoms. The van der Waals surface area contributed by atoms with E-state index in [0.29, 0.717) is 0 Å². The first-order valence-corrected chi connectivity index (χ1v) is 11.0. The molecule has 0 aliphatic rings. The summed E-state index contributed by atoms with van der Waals surface area (Å²) in [4.78, 5) is 4.38. The fourth-order valence-electron chi connectivity index (χ4n) is 1.73. The smallest absolute Gasteiger partial charge is 0.0161 e. The third kappa shape index (κ3) is 2.29. The zero-order chi connectivity index (χ0) is 11.4. The summed E-state index contributed by atoms with van der Waals surface area (Å²) in [6, 6.07) is 17.5. The molecular weight excluding hydrogens is 424 g/mol. The summed E-state index contributed by atoms with van der Waals surface area (Å²) in [5, 5.41) is 3.46. The van der Waals surface area contributed by atoms with E-state index in [9.17, 15) is 0 Å². The van der Waals surface area contributed by atoms with Crippen LogP contribution in [0.15, 0.2) is 48.7 Å². The molecule has 0 aliphatic carbocycles. The first-order chi connectivity index (χ1) is 7.95. The summed E-state index contributed by atoms with van der Waals surface area (Å²) < 4.78 is 0. The summed E-state index contributed by atoms with van der Waals surface area (Å²) >= 11 is 4.24. The van der Waals surface area contributed by atoms with Crippen molar-refractivity contribution in [3.05, 3.63) is 54.7 Å². The van der Waals surface area contributed by atoms with Crippen molar-refractivity contribution >= 4 is 58.9 Å². The van der Waals surface area contributed by atoms with Crippen LogP contribution in [-0.2, 0) is 0 Å². The summed E-state index contributed by atoms with van der Waals surface area (Å²) in [6.45, 7) is 0. The van der Waals surface area contributed by atoms with Gasteiger partial charge in [-0.1, -0.05) is 18.2 Å². The molecule has 1 nitrogen and oxygen atoms in total. The van der Waals surface area contributed by atoms with E-state index in [1.165, 1.54) is 10.8 Å². The van der Waals surface area contributed by atoms with Gasteiger partial charge in [-0.2, -0.15) is 0 Å². The number of nitrogens with zero attached hydrogens (tertiary/aromatic N) is 1. The molecule has 0 unspecified atom stereocenters. The lowest BCUT2D eigenvalue weighted by molar-refractivity contribution is 1.43. The Bertz CT molecular complexity index is 553. The van der Waals surface area contributed by atoms with Crippen molar-refractivity contribution in [2.75, 3.05) is 0 Å². The maximum atomic E-state index is 4.38. The molecule has 80 valence electrons. The highest BCUT2D eigenvalue weighted by Gasteiger charge is 1.91.